The number of imidazole rings is 1. The van der Waals surface area contributed by atoms with Crippen LogP contribution in [0.5, 0.6) is 0 Å². The number of carboxylic acid groups (broad SMARTS) is 2. The number of nitrogens with one attached hydrogen (secondary N) is 1. The third-order valence-electron chi connectivity index (χ3n) is 3.69. The lowest BCUT2D eigenvalue weighted by Gasteiger charge is -2.22. The summed E-state index contributed by atoms with van der Waals surface area (Å²) in [5.74, 6) is -4.84. The first-order valence-electron chi connectivity index (χ1n) is 8.07. The lowest BCUT2D eigenvalue weighted by Crippen LogP contribution is -2.27. The molecule has 0 aliphatic carbocycles. The molecule has 2 aromatic rings. The zero-order chi connectivity index (χ0) is 22.2. The maximum atomic E-state index is 10.6. The largest absolute Gasteiger partial charge is 0.490 e. The van der Waals surface area contributed by atoms with Crippen LogP contribution in [0.15, 0.2) is 30.6 Å². The number of piperidine rings is 1. The highest BCUT2D eigenvalue weighted by Gasteiger charge is 2.38. The van der Waals surface area contributed by atoms with Gasteiger partial charge in [-0.15, -0.1) is 0 Å². The van der Waals surface area contributed by atoms with Gasteiger partial charge >= 0.3 is 24.3 Å². The molecule has 162 valence electrons. The quantitative estimate of drug-likeness (QED) is 0.602. The fourth-order valence-corrected chi connectivity index (χ4v) is 2.37. The summed E-state index contributed by atoms with van der Waals surface area (Å²) >= 11 is 0. The Morgan fingerprint density at radius 1 is 1.00 bits per heavy atom. The van der Waals surface area contributed by atoms with Gasteiger partial charge in [0.05, 0.1) is 0 Å². The van der Waals surface area contributed by atoms with Gasteiger partial charge in [-0.25, -0.2) is 14.6 Å². The predicted octanol–water partition coefficient (Wildman–Crippen LogP) is 3.07. The molecule has 0 radical (unpaired) electrons. The molecule has 13 heteroatoms. The van der Waals surface area contributed by atoms with Crippen molar-refractivity contribution in [2.24, 2.45) is 0 Å². The minimum Gasteiger partial charge on any atom is -0.475 e. The van der Waals surface area contributed by atoms with Gasteiger partial charge < -0.3 is 19.9 Å². The molecular formula is C16H17F6N3O4. The van der Waals surface area contributed by atoms with Crippen molar-refractivity contribution in [2.75, 3.05) is 13.1 Å². The van der Waals surface area contributed by atoms with Gasteiger partial charge in [-0.05, 0) is 38.1 Å². The van der Waals surface area contributed by atoms with E-state index in [1.54, 1.807) is 0 Å². The number of pyridine rings is 1. The number of hydrogen-bond acceptors (Lipinski definition) is 4. The molecule has 0 aromatic carbocycles. The lowest BCUT2D eigenvalue weighted by molar-refractivity contribution is -0.193. The van der Waals surface area contributed by atoms with E-state index in [0.717, 1.165) is 18.7 Å². The molecular weight excluding hydrogens is 412 g/mol. The molecule has 3 rings (SSSR count). The second-order valence-electron chi connectivity index (χ2n) is 5.74. The average Bonchev–Trinajstić information content (AvgIpc) is 3.06. The molecule has 3 N–H and O–H groups in total. The molecule has 2 aromatic heterocycles. The number of aliphatic carboxylic acids is 2. The van der Waals surface area contributed by atoms with Crippen LogP contribution in [0.3, 0.4) is 0 Å². The zero-order valence-corrected chi connectivity index (χ0v) is 14.7. The first-order valence-corrected chi connectivity index (χ1v) is 8.07. The first kappa shape index (κ1) is 24.2. The second-order valence-corrected chi connectivity index (χ2v) is 5.74. The van der Waals surface area contributed by atoms with Crippen molar-refractivity contribution in [1.82, 2.24) is 14.7 Å². The SMILES string of the molecule is O=C(O)C(F)(F)F.O=C(O)C(F)(F)F.c1ccn2c(C3CCNCC3)cnc2c1. The average molecular weight is 429 g/mol. The number of carbonyl (C=O) groups is 2. The summed E-state index contributed by atoms with van der Waals surface area (Å²) in [7, 11) is 0. The summed E-state index contributed by atoms with van der Waals surface area (Å²) in [5, 5.41) is 17.6. The van der Waals surface area contributed by atoms with Crippen molar-refractivity contribution in [2.45, 2.75) is 31.1 Å². The smallest absolute Gasteiger partial charge is 0.475 e. The fourth-order valence-electron chi connectivity index (χ4n) is 2.37. The molecule has 0 spiro atoms. The van der Waals surface area contributed by atoms with Gasteiger partial charge in [0.1, 0.15) is 5.65 Å². The Hall–Kier alpha value is -2.83. The molecule has 1 fully saturated rings. The van der Waals surface area contributed by atoms with E-state index in [2.05, 4.69) is 33.0 Å². The third-order valence-corrected chi connectivity index (χ3v) is 3.69. The summed E-state index contributed by atoms with van der Waals surface area (Å²) in [6, 6.07) is 6.17. The molecule has 3 heterocycles. The number of halogens is 6. The van der Waals surface area contributed by atoms with Crippen LogP contribution in [0.25, 0.3) is 5.65 Å². The van der Waals surface area contributed by atoms with Gasteiger partial charge in [-0.3, -0.25) is 0 Å². The number of fused-ring (bicyclic) bond motifs is 1. The number of rotatable bonds is 1. The monoisotopic (exact) mass is 429 g/mol. The van der Waals surface area contributed by atoms with Crippen LogP contribution in [0.1, 0.15) is 24.5 Å². The van der Waals surface area contributed by atoms with E-state index in [4.69, 9.17) is 19.8 Å². The second kappa shape index (κ2) is 10.1. The molecule has 0 unspecified atom stereocenters. The minimum absolute atomic E-state index is 0.670. The normalized spacial score (nSPS) is 15.0. The Morgan fingerprint density at radius 3 is 1.93 bits per heavy atom. The summed E-state index contributed by atoms with van der Waals surface area (Å²) in [6.45, 7) is 2.26. The van der Waals surface area contributed by atoms with Crippen LogP contribution in [0.4, 0.5) is 26.3 Å². The van der Waals surface area contributed by atoms with E-state index in [9.17, 15) is 26.3 Å². The lowest BCUT2D eigenvalue weighted by atomic mass is 9.95. The number of alkyl halides is 6. The molecule has 0 amide bonds. The van der Waals surface area contributed by atoms with Crippen LogP contribution in [0, 0.1) is 0 Å². The van der Waals surface area contributed by atoms with Crippen molar-refractivity contribution in [3.8, 4) is 0 Å². The van der Waals surface area contributed by atoms with Crippen LogP contribution >= 0.6 is 0 Å². The first-order chi connectivity index (χ1) is 13.3. The Balaban J connectivity index is 0.000000255. The van der Waals surface area contributed by atoms with Gasteiger partial charge in [0.25, 0.3) is 0 Å². The highest BCUT2D eigenvalue weighted by Crippen LogP contribution is 2.25. The molecule has 0 saturated carbocycles. The van der Waals surface area contributed by atoms with Gasteiger partial charge in [-0.2, -0.15) is 26.3 Å². The van der Waals surface area contributed by atoms with Crippen LogP contribution < -0.4 is 5.32 Å². The van der Waals surface area contributed by atoms with Gasteiger partial charge in [0.2, 0.25) is 0 Å². The van der Waals surface area contributed by atoms with Crippen molar-refractivity contribution >= 4 is 17.6 Å². The van der Waals surface area contributed by atoms with Crippen LogP contribution in [-0.4, -0.2) is 57.0 Å². The van der Waals surface area contributed by atoms with E-state index in [-0.39, 0.29) is 0 Å². The van der Waals surface area contributed by atoms with Gasteiger partial charge in [0.15, 0.2) is 0 Å². The predicted molar refractivity (Wildman–Crippen MR) is 87.4 cm³/mol. The maximum absolute atomic E-state index is 10.6. The van der Waals surface area contributed by atoms with Crippen LogP contribution in [0.2, 0.25) is 0 Å². The van der Waals surface area contributed by atoms with E-state index in [1.807, 2.05) is 12.3 Å². The number of aromatic nitrogens is 2. The molecule has 1 aliphatic heterocycles. The van der Waals surface area contributed by atoms with E-state index >= 15 is 0 Å². The highest BCUT2D eigenvalue weighted by molar-refractivity contribution is 5.73. The summed E-state index contributed by atoms with van der Waals surface area (Å²) < 4.78 is 65.7. The summed E-state index contributed by atoms with van der Waals surface area (Å²) in [6.07, 6.45) is -3.57. The third kappa shape index (κ3) is 7.97. The van der Waals surface area contributed by atoms with Crippen LogP contribution in [-0.2, 0) is 9.59 Å². The molecule has 29 heavy (non-hydrogen) atoms. The fraction of sp³-hybridized carbons (Fsp3) is 0.438. The number of carboxylic acids is 2. The Labute approximate surface area is 160 Å². The van der Waals surface area contributed by atoms with E-state index in [1.165, 1.54) is 18.5 Å². The van der Waals surface area contributed by atoms with Crippen molar-refractivity contribution in [3.63, 3.8) is 0 Å². The Bertz CT molecular complexity index is 789. The maximum Gasteiger partial charge on any atom is 0.490 e. The molecule has 0 bridgehead atoms. The molecule has 1 aliphatic rings. The molecule has 0 atom stereocenters. The number of nitrogens with zero attached hydrogens (tertiary/aromatic N) is 2. The minimum atomic E-state index is -5.08. The molecule has 1 saturated heterocycles. The zero-order valence-electron chi connectivity index (χ0n) is 14.7. The van der Waals surface area contributed by atoms with Crippen molar-refractivity contribution in [3.05, 3.63) is 36.3 Å². The Kier molecular flexibility index (Phi) is 8.42. The van der Waals surface area contributed by atoms with E-state index in [0.29, 0.717) is 5.92 Å². The van der Waals surface area contributed by atoms with Crippen molar-refractivity contribution < 1.29 is 46.1 Å². The van der Waals surface area contributed by atoms with Gasteiger partial charge in [-0.1, -0.05) is 6.07 Å². The van der Waals surface area contributed by atoms with Gasteiger partial charge in [0, 0.05) is 24.0 Å². The highest BCUT2D eigenvalue weighted by atomic mass is 19.4. The number of hydrogen-bond donors (Lipinski definition) is 3. The van der Waals surface area contributed by atoms with Crippen molar-refractivity contribution in [1.29, 1.82) is 0 Å². The standard InChI is InChI=1S/C12H15N3.2C2HF3O2/c1-2-8-15-11(9-14-12(15)3-1)10-4-6-13-7-5-10;2*3-2(4,5)1(6)7/h1-3,8-10,13H,4-7H2;2*(H,6,7). The summed E-state index contributed by atoms with van der Waals surface area (Å²) in [5.41, 5.74) is 2.43. The topological polar surface area (TPSA) is 104 Å². The Morgan fingerprint density at radius 2 is 1.48 bits per heavy atom. The van der Waals surface area contributed by atoms with E-state index < -0.39 is 24.3 Å². The summed E-state index contributed by atoms with van der Waals surface area (Å²) in [4.78, 5) is 22.2. The molecule has 7 nitrogen and oxygen atoms in total.